The third-order valence-corrected chi connectivity index (χ3v) is 2.53. The van der Waals surface area contributed by atoms with Crippen LogP contribution < -0.4 is 10.6 Å². The fourth-order valence-corrected chi connectivity index (χ4v) is 1.52. The minimum absolute atomic E-state index is 0.0283. The first kappa shape index (κ1) is 14.3. The molecule has 1 aromatic heterocycles. The van der Waals surface area contributed by atoms with Crippen LogP contribution in [0.5, 0.6) is 0 Å². The van der Waals surface area contributed by atoms with Gasteiger partial charge in [0.1, 0.15) is 11.5 Å². The van der Waals surface area contributed by atoms with E-state index in [9.17, 15) is 19.3 Å². The topological polar surface area (TPSA) is 110 Å². The van der Waals surface area contributed by atoms with Gasteiger partial charge in [0, 0.05) is 24.9 Å². The SMILES string of the molecule is CNc1cncc(C(=O)Nc2ccc([N+](=O)[O-])c(F)c2)n1. The number of carbonyl (C=O) groups is 1. The molecule has 0 bridgehead atoms. The number of nitrogens with one attached hydrogen (secondary N) is 2. The molecule has 2 rings (SSSR count). The summed E-state index contributed by atoms with van der Waals surface area (Å²) in [5, 5.41) is 15.6. The second-order valence-corrected chi connectivity index (χ2v) is 3.92. The monoisotopic (exact) mass is 291 g/mol. The van der Waals surface area contributed by atoms with Gasteiger partial charge in [0.25, 0.3) is 5.91 Å². The number of benzene rings is 1. The summed E-state index contributed by atoms with van der Waals surface area (Å²) in [6.07, 6.45) is 2.68. The first-order valence-corrected chi connectivity index (χ1v) is 5.76. The first-order chi connectivity index (χ1) is 10.0. The number of nitro benzene ring substituents is 1. The van der Waals surface area contributed by atoms with Crippen molar-refractivity contribution >= 4 is 23.1 Å². The maximum absolute atomic E-state index is 13.4. The smallest absolute Gasteiger partial charge is 0.304 e. The molecule has 0 aliphatic rings. The Kier molecular flexibility index (Phi) is 4.02. The number of aromatic nitrogens is 2. The van der Waals surface area contributed by atoms with Gasteiger partial charge in [0.2, 0.25) is 5.82 Å². The van der Waals surface area contributed by atoms with Crippen LogP contribution in [0.25, 0.3) is 0 Å². The Labute approximate surface area is 118 Å². The molecule has 2 N–H and O–H groups in total. The minimum Gasteiger partial charge on any atom is -0.372 e. The van der Waals surface area contributed by atoms with E-state index in [1.807, 2.05) is 0 Å². The predicted octanol–water partition coefficient (Wildman–Crippen LogP) is 1.82. The van der Waals surface area contributed by atoms with Gasteiger partial charge in [-0.1, -0.05) is 0 Å². The zero-order valence-electron chi connectivity index (χ0n) is 10.8. The van der Waals surface area contributed by atoms with Crippen molar-refractivity contribution in [2.24, 2.45) is 0 Å². The Morgan fingerprint density at radius 3 is 2.76 bits per heavy atom. The van der Waals surface area contributed by atoms with E-state index in [-0.39, 0.29) is 11.4 Å². The Bertz CT molecular complexity index is 707. The van der Waals surface area contributed by atoms with Crippen molar-refractivity contribution in [3.05, 3.63) is 52.2 Å². The van der Waals surface area contributed by atoms with Crippen LogP contribution in [0.15, 0.2) is 30.6 Å². The summed E-state index contributed by atoms with van der Waals surface area (Å²) < 4.78 is 13.4. The number of hydrogen-bond donors (Lipinski definition) is 2. The highest BCUT2D eigenvalue weighted by Crippen LogP contribution is 2.21. The van der Waals surface area contributed by atoms with Crippen LogP contribution in [0.3, 0.4) is 0 Å². The largest absolute Gasteiger partial charge is 0.372 e. The van der Waals surface area contributed by atoms with Crippen LogP contribution in [0.2, 0.25) is 0 Å². The maximum Gasteiger partial charge on any atom is 0.304 e. The van der Waals surface area contributed by atoms with E-state index in [0.29, 0.717) is 5.82 Å². The van der Waals surface area contributed by atoms with Crippen molar-refractivity contribution in [3.63, 3.8) is 0 Å². The lowest BCUT2D eigenvalue weighted by Gasteiger charge is -2.06. The van der Waals surface area contributed by atoms with E-state index in [2.05, 4.69) is 20.6 Å². The summed E-state index contributed by atoms with van der Waals surface area (Å²) in [5.74, 6) is -1.24. The standard InChI is InChI=1S/C12H10FN5O3/c1-14-11-6-15-5-9(17-11)12(19)16-7-2-3-10(18(20)21)8(13)4-7/h2-6H,1H3,(H,14,17)(H,16,19). The quantitative estimate of drug-likeness (QED) is 0.656. The van der Waals surface area contributed by atoms with E-state index < -0.39 is 22.3 Å². The third-order valence-electron chi connectivity index (χ3n) is 2.53. The second-order valence-electron chi connectivity index (χ2n) is 3.92. The highest BCUT2D eigenvalue weighted by Gasteiger charge is 2.15. The molecule has 0 saturated heterocycles. The van der Waals surface area contributed by atoms with Crippen LogP contribution in [0.4, 0.5) is 21.6 Å². The molecule has 0 unspecified atom stereocenters. The Balaban J connectivity index is 2.19. The van der Waals surface area contributed by atoms with Crippen molar-refractivity contribution < 1.29 is 14.1 Å². The molecule has 2 aromatic rings. The molecule has 0 aliphatic heterocycles. The van der Waals surface area contributed by atoms with Crippen LogP contribution in [0, 0.1) is 15.9 Å². The summed E-state index contributed by atoms with van der Waals surface area (Å²) in [4.78, 5) is 29.4. The molecule has 0 spiro atoms. The van der Waals surface area contributed by atoms with Gasteiger partial charge in [-0.3, -0.25) is 19.9 Å². The Hall–Kier alpha value is -3.10. The molecule has 9 heteroatoms. The lowest BCUT2D eigenvalue weighted by molar-refractivity contribution is -0.387. The van der Waals surface area contributed by atoms with Gasteiger partial charge in [-0.15, -0.1) is 0 Å². The Morgan fingerprint density at radius 2 is 2.14 bits per heavy atom. The number of carbonyl (C=O) groups excluding carboxylic acids is 1. The maximum atomic E-state index is 13.4. The number of halogens is 1. The lowest BCUT2D eigenvalue weighted by Crippen LogP contribution is -2.15. The van der Waals surface area contributed by atoms with Crippen LogP contribution in [0.1, 0.15) is 10.5 Å². The number of anilines is 2. The van der Waals surface area contributed by atoms with Crippen molar-refractivity contribution in [2.75, 3.05) is 17.7 Å². The molecule has 0 fully saturated rings. The van der Waals surface area contributed by atoms with E-state index in [0.717, 1.165) is 12.1 Å². The molecule has 21 heavy (non-hydrogen) atoms. The van der Waals surface area contributed by atoms with E-state index >= 15 is 0 Å². The zero-order valence-corrected chi connectivity index (χ0v) is 10.8. The summed E-state index contributed by atoms with van der Waals surface area (Å²) in [5.41, 5.74) is -0.551. The van der Waals surface area contributed by atoms with Crippen molar-refractivity contribution in [3.8, 4) is 0 Å². The lowest BCUT2D eigenvalue weighted by atomic mass is 10.2. The summed E-state index contributed by atoms with van der Waals surface area (Å²) in [6, 6.07) is 3.07. The van der Waals surface area contributed by atoms with Crippen LogP contribution >= 0.6 is 0 Å². The zero-order chi connectivity index (χ0) is 15.4. The average Bonchev–Trinajstić information content (AvgIpc) is 2.47. The number of rotatable bonds is 4. The van der Waals surface area contributed by atoms with E-state index in [1.54, 1.807) is 7.05 Å². The van der Waals surface area contributed by atoms with Crippen molar-refractivity contribution in [1.29, 1.82) is 0 Å². The Morgan fingerprint density at radius 1 is 1.38 bits per heavy atom. The highest BCUT2D eigenvalue weighted by molar-refractivity contribution is 6.02. The van der Waals surface area contributed by atoms with Crippen molar-refractivity contribution in [2.45, 2.75) is 0 Å². The summed E-state index contributed by atoms with van der Waals surface area (Å²) in [6.45, 7) is 0. The molecular formula is C12H10FN5O3. The molecule has 1 aromatic carbocycles. The van der Waals surface area contributed by atoms with E-state index in [4.69, 9.17) is 0 Å². The summed E-state index contributed by atoms with van der Waals surface area (Å²) in [7, 11) is 1.62. The fraction of sp³-hybridized carbons (Fsp3) is 0.0833. The van der Waals surface area contributed by atoms with Gasteiger partial charge in [0.05, 0.1) is 17.3 Å². The van der Waals surface area contributed by atoms with Gasteiger partial charge in [-0.2, -0.15) is 4.39 Å². The van der Waals surface area contributed by atoms with Gasteiger partial charge in [0.15, 0.2) is 0 Å². The molecule has 0 atom stereocenters. The molecule has 8 nitrogen and oxygen atoms in total. The van der Waals surface area contributed by atoms with Gasteiger partial charge >= 0.3 is 5.69 Å². The average molecular weight is 291 g/mol. The van der Waals surface area contributed by atoms with E-state index in [1.165, 1.54) is 18.5 Å². The molecule has 108 valence electrons. The van der Waals surface area contributed by atoms with Crippen LogP contribution in [-0.2, 0) is 0 Å². The number of nitro groups is 1. The molecule has 0 radical (unpaired) electrons. The van der Waals surface area contributed by atoms with Crippen LogP contribution in [-0.4, -0.2) is 27.8 Å². The minimum atomic E-state index is -1.03. The molecular weight excluding hydrogens is 281 g/mol. The third kappa shape index (κ3) is 3.26. The molecule has 1 amide bonds. The van der Waals surface area contributed by atoms with Gasteiger partial charge < -0.3 is 10.6 Å². The number of nitrogens with zero attached hydrogens (tertiary/aromatic N) is 3. The molecule has 1 heterocycles. The first-order valence-electron chi connectivity index (χ1n) is 5.76. The van der Waals surface area contributed by atoms with Gasteiger partial charge in [-0.05, 0) is 6.07 Å². The predicted molar refractivity (Wildman–Crippen MR) is 72.6 cm³/mol. The summed E-state index contributed by atoms with van der Waals surface area (Å²) >= 11 is 0. The fourth-order valence-electron chi connectivity index (χ4n) is 1.52. The molecule has 0 saturated carbocycles. The van der Waals surface area contributed by atoms with Crippen molar-refractivity contribution in [1.82, 2.24) is 9.97 Å². The normalized spacial score (nSPS) is 10.0. The molecule has 0 aliphatic carbocycles. The van der Waals surface area contributed by atoms with Gasteiger partial charge in [-0.25, -0.2) is 4.98 Å². The number of hydrogen-bond acceptors (Lipinski definition) is 6. The second kappa shape index (κ2) is 5.90. The highest BCUT2D eigenvalue weighted by atomic mass is 19.1. The number of amides is 1.